The fourth-order valence-electron chi connectivity index (χ4n) is 1.51. The molecule has 0 aromatic carbocycles. The predicted molar refractivity (Wildman–Crippen MR) is 66.3 cm³/mol. The van der Waals surface area contributed by atoms with E-state index in [9.17, 15) is 0 Å². The molecule has 0 bridgehead atoms. The van der Waals surface area contributed by atoms with Crippen molar-refractivity contribution in [3.63, 3.8) is 0 Å². The molecular weight excluding hydrogens is 236 g/mol. The van der Waals surface area contributed by atoms with Gasteiger partial charge in [0.15, 0.2) is 0 Å². The molecule has 0 spiro atoms. The van der Waals surface area contributed by atoms with Gasteiger partial charge in [0.1, 0.15) is 6.61 Å². The van der Waals surface area contributed by atoms with Crippen molar-refractivity contribution in [1.29, 1.82) is 0 Å². The van der Waals surface area contributed by atoms with Gasteiger partial charge in [0, 0.05) is 25.5 Å². The van der Waals surface area contributed by atoms with Crippen molar-refractivity contribution >= 4 is 0 Å². The number of hydrogen-bond donors (Lipinski definition) is 1. The van der Waals surface area contributed by atoms with Crippen LogP contribution in [0.5, 0.6) is 0 Å². The zero-order valence-corrected chi connectivity index (χ0v) is 10.7. The summed E-state index contributed by atoms with van der Waals surface area (Å²) in [5.74, 6) is 0. The second kappa shape index (κ2) is 11.2. The van der Waals surface area contributed by atoms with Gasteiger partial charge in [-0.3, -0.25) is 5.26 Å². The fraction of sp³-hybridized carbons (Fsp3) is 0.750. The summed E-state index contributed by atoms with van der Waals surface area (Å²) < 4.78 is 12.6. The highest BCUT2D eigenvalue weighted by Gasteiger charge is 1.93. The second-order valence-electron chi connectivity index (χ2n) is 3.92. The number of unbranched alkanes of at least 4 members (excludes halogenated alkanes) is 2. The van der Waals surface area contributed by atoms with Crippen molar-refractivity contribution in [3.05, 3.63) is 18.7 Å². The lowest BCUT2D eigenvalue weighted by Gasteiger charge is -2.05. The Morgan fingerprint density at radius 2 is 1.72 bits per heavy atom. The van der Waals surface area contributed by atoms with Crippen LogP contribution in [0.2, 0.25) is 0 Å². The first-order valence-electron chi connectivity index (χ1n) is 6.31. The maximum Gasteiger partial charge on any atom is 0.105 e. The van der Waals surface area contributed by atoms with Crippen LogP contribution in [0.4, 0.5) is 0 Å². The number of aromatic nitrogens is 2. The Kier molecular flexibility index (Phi) is 9.37. The fourth-order valence-corrected chi connectivity index (χ4v) is 1.51. The Hall–Kier alpha value is -0.950. The van der Waals surface area contributed by atoms with E-state index in [0.717, 1.165) is 32.4 Å². The first-order chi connectivity index (χ1) is 8.93. The van der Waals surface area contributed by atoms with E-state index in [1.165, 1.54) is 0 Å². The SMILES string of the molecule is OOCCOCCOCCCCCn1ccnc1. The Bertz CT molecular complexity index is 267. The number of nitrogens with zero attached hydrogens (tertiary/aromatic N) is 2. The molecule has 0 amide bonds. The van der Waals surface area contributed by atoms with Gasteiger partial charge in [0.05, 0.1) is 26.1 Å². The minimum absolute atomic E-state index is 0.203. The monoisotopic (exact) mass is 258 g/mol. The van der Waals surface area contributed by atoms with Crippen molar-refractivity contribution < 1.29 is 19.6 Å². The van der Waals surface area contributed by atoms with E-state index in [1.807, 2.05) is 12.5 Å². The molecular formula is C12H22N2O4. The molecule has 0 saturated heterocycles. The Balaban J connectivity index is 1.73. The van der Waals surface area contributed by atoms with Crippen LogP contribution in [0.3, 0.4) is 0 Å². The number of aryl methyl sites for hydroxylation is 1. The van der Waals surface area contributed by atoms with Crippen LogP contribution in [0, 0.1) is 0 Å². The van der Waals surface area contributed by atoms with Crippen LogP contribution >= 0.6 is 0 Å². The number of imidazole rings is 1. The van der Waals surface area contributed by atoms with E-state index in [0.29, 0.717) is 19.8 Å². The van der Waals surface area contributed by atoms with E-state index in [4.69, 9.17) is 14.7 Å². The minimum atomic E-state index is 0.203. The summed E-state index contributed by atoms with van der Waals surface area (Å²) >= 11 is 0. The Labute approximate surface area is 107 Å². The van der Waals surface area contributed by atoms with Crippen LogP contribution in [0.15, 0.2) is 18.7 Å². The molecule has 0 fully saturated rings. The molecule has 6 heteroatoms. The Morgan fingerprint density at radius 3 is 2.44 bits per heavy atom. The summed E-state index contributed by atoms with van der Waals surface area (Å²) in [5.41, 5.74) is 0. The van der Waals surface area contributed by atoms with Crippen LogP contribution in [0.1, 0.15) is 19.3 Å². The van der Waals surface area contributed by atoms with Crippen LogP contribution in [-0.4, -0.2) is 47.8 Å². The number of hydrogen-bond acceptors (Lipinski definition) is 5. The normalized spacial score (nSPS) is 10.9. The molecule has 1 heterocycles. The molecule has 0 unspecified atom stereocenters. The molecule has 0 aliphatic rings. The average Bonchev–Trinajstić information content (AvgIpc) is 2.89. The van der Waals surface area contributed by atoms with Gasteiger partial charge in [-0.1, -0.05) is 0 Å². The Morgan fingerprint density at radius 1 is 0.944 bits per heavy atom. The highest BCUT2D eigenvalue weighted by molar-refractivity contribution is 4.73. The molecule has 0 saturated carbocycles. The lowest BCUT2D eigenvalue weighted by molar-refractivity contribution is -0.249. The summed E-state index contributed by atoms with van der Waals surface area (Å²) in [6, 6.07) is 0. The predicted octanol–water partition coefficient (Wildman–Crippen LogP) is 1.58. The van der Waals surface area contributed by atoms with Gasteiger partial charge in [0.25, 0.3) is 0 Å². The van der Waals surface area contributed by atoms with Crippen molar-refractivity contribution in [3.8, 4) is 0 Å². The van der Waals surface area contributed by atoms with Gasteiger partial charge < -0.3 is 14.0 Å². The van der Waals surface area contributed by atoms with Crippen LogP contribution in [0.25, 0.3) is 0 Å². The molecule has 1 rings (SSSR count). The maximum absolute atomic E-state index is 8.04. The van der Waals surface area contributed by atoms with Crippen LogP contribution < -0.4 is 0 Å². The molecule has 1 aromatic rings. The van der Waals surface area contributed by atoms with E-state index in [1.54, 1.807) is 6.20 Å². The van der Waals surface area contributed by atoms with E-state index in [-0.39, 0.29) is 6.61 Å². The molecule has 1 N–H and O–H groups in total. The summed E-state index contributed by atoms with van der Waals surface area (Å²) in [6.07, 6.45) is 8.97. The van der Waals surface area contributed by atoms with Gasteiger partial charge >= 0.3 is 0 Å². The van der Waals surface area contributed by atoms with E-state index in [2.05, 4.69) is 14.4 Å². The van der Waals surface area contributed by atoms with Crippen molar-refractivity contribution in [2.24, 2.45) is 0 Å². The van der Waals surface area contributed by atoms with Gasteiger partial charge in [0.2, 0.25) is 0 Å². The van der Waals surface area contributed by atoms with Gasteiger partial charge in [-0.15, -0.1) is 0 Å². The summed E-state index contributed by atoms with van der Waals surface area (Å²) in [4.78, 5) is 7.86. The first-order valence-corrected chi connectivity index (χ1v) is 6.31. The van der Waals surface area contributed by atoms with Crippen molar-refractivity contribution in [1.82, 2.24) is 9.55 Å². The van der Waals surface area contributed by atoms with Crippen molar-refractivity contribution in [2.75, 3.05) is 33.0 Å². The van der Waals surface area contributed by atoms with E-state index < -0.39 is 0 Å². The highest BCUT2D eigenvalue weighted by atomic mass is 17.1. The molecule has 1 aromatic heterocycles. The molecule has 0 radical (unpaired) electrons. The topological polar surface area (TPSA) is 65.7 Å². The summed E-state index contributed by atoms with van der Waals surface area (Å²) in [7, 11) is 0. The summed E-state index contributed by atoms with van der Waals surface area (Å²) in [6.45, 7) is 3.51. The van der Waals surface area contributed by atoms with Crippen molar-refractivity contribution in [2.45, 2.75) is 25.8 Å². The smallest absolute Gasteiger partial charge is 0.105 e. The third-order valence-corrected chi connectivity index (χ3v) is 2.46. The molecule has 0 atom stereocenters. The molecule has 6 nitrogen and oxygen atoms in total. The molecule has 104 valence electrons. The zero-order chi connectivity index (χ0) is 12.9. The van der Waals surface area contributed by atoms with Crippen LogP contribution in [-0.2, 0) is 20.9 Å². The number of rotatable bonds is 12. The lowest BCUT2D eigenvalue weighted by Crippen LogP contribution is -2.09. The first kappa shape index (κ1) is 15.1. The second-order valence-corrected chi connectivity index (χ2v) is 3.92. The quantitative estimate of drug-likeness (QED) is 0.350. The number of ether oxygens (including phenoxy) is 2. The lowest BCUT2D eigenvalue weighted by atomic mass is 10.2. The molecule has 0 aliphatic carbocycles. The molecule has 18 heavy (non-hydrogen) atoms. The highest BCUT2D eigenvalue weighted by Crippen LogP contribution is 1.99. The third kappa shape index (κ3) is 8.19. The maximum atomic E-state index is 8.04. The largest absolute Gasteiger partial charge is 0.379 e. The standard InChI is InChI=1S/C12H22N2O4/c15-18-11-10-17-9-8-16-7-3-1-2-5-14-6-4-13-12-14/h4,6,12,15H,1-3,5,7-11H2. The van der Waals surface area contributed by atoms with E-state index >= 15 is 0 Å². The van der Waals surface area contributed by atoms with Gasteiger partial charge in [-0.2, -0.15) is 0 Å². The summed E-state index contributed by atoms with van der Waals surface area (Å²) in [5, 5.41) is 8.04. The zero-order valence-electron chi connectivity index (χ0n) is 10.7. The molecule has 0 aliphatic heterocycles. The minimum Gasteiger partial charge on any atom is -0.379 e. The third-order valence-electron chi connectivity index (χ3n) is 2.46. The average molecular weight is 258 g/mol. The van der Waals surface area contributed by atoms with Gasteiger partial charge in [-0.25, -0.2) is 9.87 Å². The van der Waals surface area contributed by atoms with Gasteiger partial charge in [-0.05, 0) is 19.3 Å².